The standard InChI is InChI=1S/C38H40F3N7O3/c1-4-28-31(40)9-6-23-14-27(50)15-29(32(23)28)34-33(41)35-30(17-42-34)36(44-37(43-35)51-21-38-10-5-11-47(38)18-24(39)16-38)46-19-25-7-8-26(20-46)48(25)13-12-45(3)22(2)49/h1,6,9,14-15,17,24-26,50H,5,7-8,10-13,16,18-21H2,2-3H3/t24-,25?,26?,38+/m1/s1. The van der Waals surface area contributed by atoms with Crippen LogP contribution in [0.5, 0.6) is 11.8 Å². The number of carbonyl (C=O) groups excluding carboxylic acids is 1. The lowest BCUT2D eigenvalue weighted by Crippen LogP contribution is -2.55. The lowest BCUT2D eigenvalue weighted by molar-refractivity contribution is -0.127. The Kier molecular flexibility index (Phi) is 8.42. The Morgan fingerprint density at radius 1 is 1.18 bits per heavy atom. The number of anilines is 1. The number of alkyl halides is 1. The fourth-order valence-corrected chi connectivity index (χ4v) is 8.87. The molecule has 8 rings (SSSR count). The Balaban J connectivity index is 1.21. The van der Waals surface area contributed by atoms with E-state index in [1.807, 2.05) is 0 Å². The molecule has 2 aromatic carbocycles. The highest BCUT2D eigenvalue weighted by atomic mass is 19.1. The fourth-order valence-electron chi connectivity index (χ4n) is 8.87. The quantitative estimate of drug-likeness (QED) is 0.258. The number of hydrogen-bond acceptors (Lipinski definition) is 9. The molecular weight excluding hydrogens is 659 g/mol. The molecule has 1 N–H and O–H groups in total. The van der Waals surface area contributed by atoms with E-state index in [1.165, 1.54) is 30.5 Å². The summed E-state index contributed by atoms with van der Waals surface area (Å²) in [6, 6.07) is 5.83. The average Bonchev–Trinajstić information content (AvgIpc) is 3.71. The molecule has 2 aromatic heterocycles. The van der Waals surface area contributed by atoms with Gasteiger partial charge >= 0.3 is 6.01 Å². The molecule has 1 amide bonds. The Bertz CT molecular complexity index is 2080. The normalized spacial score (nSPS) is 24.7. The summed E-state index contributed by atoms with van der Waals surface area (Å²) < 4.78 is 52.8. The highest BCUT2D eigenvalue weighted by molar-refractivity contribution is 6.03. The van der Waals surface area contributed by atoms with Crippen LogP contribution in [0.1, 0.15) is 44.6 Å². The van der Waals surface area contributed by atoms with Gasteiger partial charge in [0, 0.05) is 82.3 Å². The van der Waals surface area contributed by atoms with Gasteiger partial charge in [0.15, 0.2) is 5.82 Å². The number of likely N-dealkylation sites (N-methyl/N-ethyl adjacent to an activating group) is 1. The number of piperazine rings is 1. The lowest BCUT2D eigenvalue weighted by atomic mass is 9.95. The molecule has 4 saturated heterocycles. The molecular formula is C38H40F3N7O3. The highest BCUT2D eigenvalue weighted by Crippen LogP contribution is 2.42. The van der Waals surface area contributed by atoms with Crippen LogP contribution in [-0.4, -0.2) is 117 Å². The fraction of sp³-hybridized carbons (Fsp3) is 0.474. The minimum Gasteiger partial charge on any atom is -0.508 e. The molecule has 2 bridgehead atoms. The van der Waals surface area contributed by atoms with E-state index in [0.717, 1.165) is 38.8 Å². The molecule has 0 saturated carbocycles. The SMILES string of the molecule is C#Cc1c(F)ccc2cc(O)cc(-c3ncc4c(N5CC6CCC(C5)N6CCN(C)C(C)=O)nc(OC[C@@]56CCCN5C[C@H](F)C6)nc4c3F)c12. The number of pyridine rings is 1. The summed E-state index contributed by atoms with van der Waals surface area (Å²) in [6.45, 7) is 5.52. The van der Waals surface area contributed by atoms with Crippen LogP contribution in [-0.2, 0) is 4.79 Å². The highest BCUT2D eigenvalue weighted by Gasteiger charge is 2.49. The first-order chi connectivity index (χ1) is 24.5. The largest absolute Gasteiger partial charge is 0.508 e. The number of hydrogen-bond donors (Lipinski definition) is 1. The summed E-state index contributed by atoms with van der Waals surface area (Å²) in [5.41, 5.74) is -0.599. The van der Waals surface area contributed by atoms with Gasteiger partial charge in [0.1, 0.15) is 41.4 Å². The molecule has 51 heavy (non-hydrogen) atoms. The zero-order valence-electron chi connectivity index (χ0n) is 28.7. The van der Waals surface area contributed by atoms with Crippen molar-refractivity contribution in [3.05, 3.63) is 47.7 Å². The maximum Gasteiger partial charge on any atom is 0.319 e. The van der Waals surface area contributed by atoms with Crippen molar-refractivity contribution in [3.63, 3.8) is 0 Å². The number of terminal acetylenes is 1. The molecule has 13 heteroatoms. The number of ether oxygens (including phenoxy) is 1. The number of phenols is 1. The van der Waals surface area contributed by atoms with E-state index in [1.54, 1.807) is 18.9 Å². The predicted molar refractivity (Wildman–Crippen MR) is 187 cm³/mol. The maximum absolute atomic E-state index is 17.0. The van der Waals surface area contributed by atoms with Crippen molar-refractivity contribution in [3.8, 4) is 35.4 Å². The van der Waals surface area contributed by atoms with Gasteiger partial charge in [0.25, 0.3) is 0 Å². The van der Waals surface area contributed by atoms with Crippen molar-refractivity contribution < 1.29 is 27.8 Å². The summed E-state index contributed by atoms with van der Waals surface area (Å²) in [6.07, 6.45) is 10.3. The smallest absolute Gasteiger partial charge is 0.319 e. The van der Waals surface area contributed by atoms with Gasteiger partial charge in [-0.15, -0.1) is 6.42 Å². The Morgan fingerprint density at radius 3 is 2.71 bits per heavy atom. The van der Waals surface area contributed by atoms with E-state index in [4.69, 9.17) is 16.1 Å². The number of aromatic nitrogens is 3. The third-order valence-electron chi connectivity index (χ3n) is 11.5. The number of nitrogens with zero attached hydrogens (tertiary/aromatic N) is 7. The van der Waals surface area contributed by atoms with E-state index < -0.39 is 23.3 Å². The van der Waals surface area contributed by atoms with Gasteiger partial charge in [-0.2, -0.15) is 9.97 Å². The first-order valence-electron chi connectivity index (χ1n) is 17.6. The van der Waals surface area contributed by atoms with Gasteiger partial charge in [0.2, 0.25) is 5.91 Å². The number of halogens is 3. The molecule has 0 spiro atoms. The van der Waals surface area contributed by atoms with Gasteiger partial charge < -0.3 is 19.6 Å². The van der Waals surface area contributed by atoms with E-state index >= 15 is 4.39 Å². The first kappa shape index (κ1) is 33.5. The second-order valence-electron chi connectivity index (χ2n) is 14.5. The lowest BCUT2D eigenvalue weighted by Gasteiger charge is -2.42. The van der Waals surface area contributed by atoms with Crippen LogP contribution in [0.4, 0.5) is 19.0 Å². The van der Waals surface area contributed by atoms with Crippen LogP contribution in [0.2, 0.25) is 0 Å². The molecule has 4 aliphatic rings. The van der Waals surface area contributed by atoms with Gasteiger partial charge in [-0.05, 0) is 55.8 Å². The molecule has 4 aliphatic heterocycles. The van der Waals surface area contributed by atoms with Crippen molar-refractivity contribution in [2.24, 2.45) is 0 Å². The molecule has 10 nitrogen and oxygen atoms in total. The molecule has 6 heterocycles. The Labute approximate surface area is 294 Å². The third-order valence-corrected chi connectivity index (χ3v) is 11.5. The van der Waals surface area contributed by atoms with Crippen molar-refractivity contribution in [1.82, 2.24) is 29.7 Å². The minimum absolute atomic E-state index is 0.0222. The summed E-state index contributed by atoms with van der Waals surface area (Å²) >= 11 is 0. The second-order valence-corrected chi connectivity index (χ2v) is 14.5. The van der Waals surface area contributed by atoms with E-state index in [2.05, 4.69) is 30.6 Å². The monoisotopic (exact) mass is 699 g/mol. The second kappa shape index (κ2) is 12.8. The van der Waals surface area contributed by atoms with E-state index in [9.17, 15) is 18.7 Å². The number of fused-ring (bicyclic) bond motifs is 5. The van der Waals surface area contributed by atoms with Gasteiger partial charge in [-0.1, -0.05) is 12.0 Å². The number of rotatable bonds is 8. The molecule has 4 aromatic rings. The molecule has 0 radical (unpaired) electrons. The van der Waals surface area contributed by atoms with Gasteiger partial charge in [-0.25, -0.2) is 13.2 Å². The molecule has 4 atom stereocenters. The van der Waals surface area contributed by atoms with Gasteiger partial charge in [-0.3, -0.25) is 19.6 Å². The topological polar surface area (TPSA) is 98.2 Å². The zero-order chi connectivity index (χ0) is 35.6. The number of aromatic hydroxyl groups is 1. The molecule has 4 fully saturated rings. The van der Waals surface area contributed by atoms with Crippen LogP contribution in [0.15, 0.2) is 30.5 Å². The summed E-state index contributed by atoms with van der Waals surface area (Å²) in [5, 5.41) is 11.7. The van der Waals surface area contributed by atoms with Crippen LogP contribution < -0.4 is 9.64 Å². The minimum atomic E-state index is -0.940. The van der Waals surface area contributed by atoms with E-state index in [0.29, 0.717) is 49.2 Å². The van der Waals surface area contributed by atoms with Crippen molar-refractivity contribution in [1.29, 1.82) is 0 Å². The molecule has 2 unspecified atom stereocenters. The van der Waals surface area contributed by atoms with Crippen molar-refractivity contribution in [2.75, 3.05) is 57.8 Å². The Hall–Kier alpha value is -4.67. The van der Waals surface area contributed by atoms with Crippen LogP contribution >= 0.6 is 0 Å². The number of phenolic OH excluding ortho intramolecular Hbond substituents is 1. The van der Waals surface area contributed by atoms with Gasteiger partial charge in [0.05, 0.1) is 16.5 Å². The molecule has 0 aliphatic carbocycles. The predicted octanol–water partition coefficient (Wildman–Crippen LogP) is 4.90. The van der Waals surface area contributed by atoms with Crippen LogP contribution in [0, 0.1) is 24.0 Å². The number of benzene rings is 2. The van der Waals surface area contributed by atoms with Crippen LogP contribution in [0.3, 0.4) is 0 Å². The first-order valence-corrected chi connectivity index (χ1v) is 17.6. The third kappa shape index (κ3) is 5.78. The molecule has 266 valence electrons. The maximum atomic E-state index is 17.0. The van der Waals surface area contributed by atoms with E-state index in [-0.39, 0.29) is 64.1 Å². The summed E-state index contributed by atoms with van der Waals surface area (Å²) in [5.74, 6) is 1.28. The van der Waals surface area contributed by atoms with Crippen molar-refractivity contribution in [2.45, 2.75) is 62.8 Å². The summed E-state index contributed by atoms with van der Waals surface area (Å²) in [7, 11) is 1.80. The summed E-state index contributed by atoms with van der Waals surface area (Å²) in [4.78, 5) is 34.3. The Morgan fingerprint density at radius 2 is 1.96 bits per heavy atom. The zero-order valence-corrected chi connectivity index (χ0v) is 28.7. The number of carbonyl (C=O) groups is 1. The average molecular weight is 700 g/mol. The number of amides is 1. The van der Waals surface area contributed by atoms with Crippen LogP contribution in [0.25, 0.3) is 32.9 Å². The van der Waals surface area contributed by atoms with Crippen molar-refractivity contribution >= 4 is 33.4 Å².